The summed E-state index contributed by atoms with van der Waals surface area (Å²) in [5, 5.41) is 3.34. The molecule has 2 rings (SSSR count). The van der Waals surface area contributed by atoms with Crippen molar-refractivity contribution in [3.8, 4) is 11.3 Å². The van der Waals surface area contributed by atoms with Gasteiger partial charge in [-0.1, -0.05) is 36.8 Å². The second-order valence-corrected chi connectivity index (χ2v) is 5.04. The maximum atomic E-state index is 4.75. The molecule has 0 saturated heterocycles. The van der Waals surface area contributed by atoms with E-state index in [1.54, 1.807) is 0 Å². The molecule has 1 N–H and O–H groups in total. The summed E-state index contributed by atoms with van der Waals surface area (Å²) in [7, 11) is 0. The van der Waals surface area contributed by atoms with Crippen LogP contribution in [0.5, 0.6) is 0 Å². The Morgan fingerprint density at radius 2 is 1.84 bits per heavy atom. The first kappa shape index (κ1) is 13.8. The quantitative estimate of drug-likeness (QED) is 0.898. The van der Waals surface area contributed by atoms with Crippen LogP contribution in [-0.2, 0) is 6.54 Å². The monoisotopic (exact) mass is 254 g/mol. The highest BCUT2D eigenvalue weighted by Gasteiger charge is 2.06. The van der Waals surface area contributed by atoms with Crippen LogP contribution in [0.4, 0.5) is 0 Å². The third-order valence-corrected chi connectivity index (χ3v) is 3.42. The minimum Gasteiger partial charge on any atom is -0.313 e. The summed E-state index contributed by atoms with van der Waals surface area (Å²) >= 11 is 0. The van der Waals surface area contributed by atoms with Crippen molar-refractivity contribution in [2.45, 2.75) is 34.2 Å². The van der Waals surface area contributed by atoms with Crippen LogP contribution in [-0.4, -0.2) is 11.5 Å². The van der Waals surface area contributed by atoms with E-state index in [-0.39, 0.29) is 0 Å². The highest BCUT2D eigenvalue weighted by molar-refractivity contribution is 5.64. The molecular weight excluding hydrogens is 232 g/mol. The van der Waals surface area contributed by atoms with E-state index in [0.29, 0.717) is 0 Å². The van der Waals surface area contributed by atoms with E-state index in [1.807, 2.05) is 0 Å². The van der Waals surface area contributed by atoms with Crippen LogP contribution in [0.1, 0.15) is 29.3 Å². The normalized spacial score (nSPS) is 10.7. The zero-order chi connectivity index (χ0) is 13.8. The minimum atomic E-state index is 0.891. The molecule has 0 aliphatic heterocycles. The van der Waals surface area contributed by atoms with Crippen LogP contribution in [0.15, 0.2) is 30.3 Å². The van der Waals surface area contributed by atoms with Crippen molar-refractivity contribution in [3.63, 3.8) is 0 Å². The van der Waals surface area contributed by atoms with E-state index in [2.05, 4.69) is 63.3 Å². The Morgan fingerprint density at radius 1 is 1.05 bits per heavy atom. The number of nitrogens with zero attached hydrogens (tertiary/aromatic N) is 1. The van der Waals surface area contributed by atoms with Gasteiger partial charge in [-0.25, -0.2) is 0 Å². The maximum Gasteiger partial charge on any atom is 0.0708 e. The number of aryl methyl sites for hydroxylation is 3. The van der Waals surface area contributed by atoms with Crippen molar-refractivity contribution < 1.29 is 0 Å². The molecule has 0 atom stereocenters. The summed E-state index contributed by atoms with van der Waals surface area (Å²) < 4.78 is 0. The summed E-state index contributed by atoms with van der Waals surface area (Å²) in [6.07, 6.45) is 0. The molecule has 0 spiro atoms. The molecule has 0 aliphatic carbocycles. The number of hydrogen-bond donors (Lipinski definition) is 1. The molecule has 0 bridgehead atoms. The SMILES string of the molecule is CCNCc1ccc(-c2ccc(C)cc2C)nc1C. The Morgan fingerprint density at radius 3 is 2.47 bits per heavy atom. The second-order valence-electron chi connectivity index (χ2n) is 5.04. The Kier molecular flexibility index (Phi) is 4.33. The van der Waals surface area contributed by atoms with E-state index < -0.39 is 0 Å². The number of pyridine rings is 1. The zero-order valence-corrected chi connectivity index (χ0v) is 12.2. The van der Waals surface area contributed by atoms with Crippen molar-refractivity contribution >= 4 is 0 Å². The van der Waals surface area contributed by atoms with Crippen LogP contribution in [0.3, 0.4) is 0 Å². The second kappa shape index (κ2) is 5.98. The van der Waals surface area contributed by atoms with Crippen molar-refractivity contribution in [2.24, 2.45) is 0 Å². The van der Waals surface area contributed by atoms with Crippen molar-refractivity contribution in [1.29, 1.82) is 0 Å². The van der Waals surface area contributed by atoms with Crippen LogP contribution in [0, 0.1) is 20.8 Å². The number of aromatic nitrogens is 1. The van der Waals surface area contributed by atoms with E-state index in [1.165, 1.54) is 22.3 Å². The minimum absolute atomic E-state index is 0.891. The molecule has 100 valence electrons. The largest absolute Gasteiger partial charge is 0.313 e. The predicted molar refractivity (Wildman–Crippen MR) is 81.3 cm³/mol. The lowest BCUT2D eigenvalue weighted by Gasteiger charge is -2.10. The van der Waals surface area contributed by atoms with Gasteiger partial charge >= 0.3 is 0 Å². The van der Waals surface area contributed by atoms with Gasteiger partial charge in [-0.15, -0.1) is 0 Å². The van der Waals surface area contributed by atoms with Gasteiger partial charge in [-0.2, -0.15) is 0 Å². The molecule has 0 aliphatic rings. The first-order valence-electron chi connectivity index (χ1n) is 6.86. The van der Waals surface area contributed by atoms with Crippen molar-refractivity contribution in [1.82, 2.24) is 10.3 Å². The lowest BCUT2D eigenvalue weighted by atomic mass is 10.0. The Bertz CT molecular complexity index is 573. The van der Waals surface area contributed by atoms with Gasteiger partial charge in [0.2, 0.25) is 0 Å². The van der Waals surface area contributed by atoms with E-state index >= 15 is 0 Å². The third kappa shape index (κ3) is 3.21. The van der Waals surface area contributed by atoms with Crippen LogP contribution in [0.25, 0.3) is 11.3 Å². The molecular formula is C17H22N2. The topological polar surface area (TPSA) is 24.9 Å². The molecule has 2 nitrogen and oxygen atoms in total. The van der Waals surface area contributed by atoms with Gasteiger partial charge in [0.05, 0.1) is 5.69 Å². The Labute approximate surface area is 115 Å². The maximum absolute atomic E-state index is 4.75. The molecule has 2 aromatic rings. The van der Waals surface area contributed by atoms with Gasteiger partial charge in [0, 0.05) is 17.8 Å². The molecule has 0 saturated carbocycles. The van der Waals surface area contributed by atoms with Gasteiger partial charge in [-0.3, -0.25) is 4.98 Å². The molecule has 2 heteroatoms. The Balaban J connectivity index is 2.33. The Hall–Kier alpha value is -1.67. The summed E-state index contributed by atoms with van der Waals surface area (Å²) in [5.41, 5.74) is 7.25. The lowest BCUT2D eigenvalue weighted by Crippen LogP contribution is -2.13. The molecule has 0 radical (unpaired) electrons. The first-order valence-corrected chi connectivity index (χ1v) is 6.86. The highest BCUT2D eigenvalue weighted by atomic mass is 14.8. The number of nitrogens with one attached hydrogen (secondary N) is 1. The standard InChI is InChI=1S/C17H22N2/c1-5-18-11-15-7-9-17(19-14(15)4)16-8-6-12(2)10-13(16)3/h6-10,18H,5,11H2,1-4H3. The van der Waals surface area contributed by atoms with Gasteiger partial charge in [0.25, 0.3) is 0 Å². The van der Waals surface area contributed by atoms with E-state index in [9.17, 15) is 0 Å². The average Bonchev–Trinajstić information content (AvgIpc) is 2.37. The van der Waals surface area contributed by atoms with Gasteiger partial charge < -0.3 is 5.32 Å². The highest BCUT2D eigenvalue weighted by Crippen LogP contribution is 2.23. The van der Waals surface area contributed by atoms with Gasteiger partial charge in [-0.05, 0) is 44.5 Å². The smallest absolute Gasteiger partial charge is 0.0708 e. The van der Waals surface area contributed by atoms with E-state index in [0.717, 1.165) is 24.5 Å². The number of benzene rings is 1. The molecule has 1 aromatic carbocycles. The summed E-state index contributed by atoms with van der Waals surface area (Å²) in [4.78, 5) is 4.75. The molecule has 0 fully saturated rings. The lowest BCUT2D eigenvalue weighted by molar-refractivity contribution is 0.720. The van der Waals surface area contributed by atoms with Gasteiger partial charge in [0.1, 0.15) is 0 Å². The molecule has 0 amide bonds. The van der Waals surface area contributed by atoms with Crippen LogP contribution < -0.4 is 5.32 Å². The molecule has 1 heterocycles. The van der Waals surface area contributed by atoms with E-state index in [4.69, 9.17) is 4.98 Å². The van der Waals surface area contributed by atoms with Crippen molar-refractivity contribution in [3.05, 3.63) is 52.7 Å². The fourth-order valence-electron chi connectivity index (χ4n) is 2.29. The summed E-state index contributed by atoms with van der Waals surface area (Å²) in [5.74, 6) is 0. The number of rotatable bonds is 4. The fourth-order valence-corrected chi connectivity index (χ4v) is 2.29. The predicted octanol–water partition coefficient (Wildman–Crippen LogP) is 3.78. The van der Waals surface area contributed by atoms with Crippen LogP contribution in [0.2, 0.25) is 0 Å². The zero-order valence-electron chi connectivity index (χ0n) is 12.2. The molecule has 0 unspecified atom stereocenters. The van der Waals surface area contributed by atoms with Crippen molar-refractivity contribution in [2.75, 3.05) is 6.54 Å². The summed E-state index contributed by atoms with van der Waals surface area (Å²) in [6.45, 7) is 10.3. The first-order chi connectivity index (χ1) is 9.11. The summed E-state index contributed by atoms with van der Waals surface area (Å²) in [6, 6.07) is 10.8. The van der Waals surface area contributed by atoms with Gasteiger partial charge in [0.15, 0.2) is 0 Å². The molecule has 19 heavy (non-hydrogen) atoms. The van der Waals surface area contributed by atoms with Crippen LogP contribution >= 0.6 is 0 Å². The number of hydrogen-bond acceptors (Lipinski definition) is 2. The third-order valence-electron chi connectivity index (χ3n) is 3.42. The average molecular weight is 254 g/mol. The molecule has 1 aromatic heterocycles. The fraction of sp³-hybridized carbons (Fsp3) is 0.353.